The molecule has 0 aliphatic heterocycles. The Kier molecular flexibility index (Phi) is 7.85. The molecule has 0 saturated carbocycles. The largest absolute Gasteiger partial charge is 0.595 e. The molecule has 1 unspecified atom stereocenters. The van der Waals surface area contributed by atoms with Crippen LogP contribution in [0.1, 0.15) is 22.7 Å². The van der Waals surface area contributed by atoms with Gasteiger partial charge in [-0.1, -0.05) is 60.7 Å². The van der Waals surface area contributed by atoms with Crippen LogP contribution in [-0.4, -0.2) is 22.1 Å². The molecule has 160 valence electrons. The van der Waals surface area contributed by atoms with E-state index in [1.165, 1.54) is 12.3 Å². The number of benzene rings is 2. The number of carbonyl (C=O) groups excluding carboxylic acids is 2. The molecule has 3 aromatic rings. The van der Waals surface area contributed by atoms with E-state index >= 15 is 0 Å². The van der Waals surface area contributed by atoms with Gasteiger partial charge in [-0.05, 0) is 27.1 Å². The normalized spacial score (nSPS) is 11.7. The number of nitrogens with one attached hydrogen (secondary N) is 1. The summed E-state index contributed by atoms with van der Waals surface area (Å²) in [4.78, 5) is 29.7. The number of esters is 2. The highest BCUT2D eigenvalue weighted by Gasteiger charge is 2.37. The summed E-state index contributed by atoms with van der Waals surface area (Å²) in [5, 5.41) is 19.9. The average Bonchev–Trinajstić information content (AvgIpc) is 2.78. The first-order valence-corrected chi connectivity index (χ1v) is 10.0. The first-order valence-electron chi connectivity index (χ1n) is 9.25. The summed E-state index contributed by atoms with van der Waals surface area (Å²) in [5.41, 5.74) is 0.892. The molecule has 0 aliphatic carbocycles. The van der Waals surface area contributed by atoms with E-state index in [4.69, 9.17) is 9.47 Å². The molecule has 0 aliphatic rings. The van der Waals surface area contributed by atoms with E-state index in [1.54, 1.807) is 48.5 Å². The molecule has 0 radical (unpaired) electrons. The van der Waals surface area contributed by atoms with Gasteiger partial charge in [0, 0.05) is 16.7 Å². The number of nitrogens with zero attached hydrogens (tertiary/aromatic N) is 1. The van der Waals surface area contributed by atoms with E-state index in [1.807, 2.05) is 12.1 Å². The van der Waals surface area contributed by atoms with Crippen molar-refractivity contribution in [1.29, 1.82) is 0 Å². The Morgan fingerprint density at radius 3 is 1.90 bits per heavy atom. The highest BCUT2D eigenvalue weighted by atomic mass is 79.9. The van der Waals surface area contributed by atoms with E-state index < -0.39 is 23.1 Å². The maximum Gasteiger partial charge on any atom is 0.327 e. The highest BCUT2D eigenvalue weighted by Crippen LogP contribution is 2.26. The number of hydrogen-bond acceptors (Lipinski definition) is 7. The van der Waals surface area contributed by atoms with Gasteiger partial charge in [-0.2, -0.15) is 5.23 Å². The first kappa shape index (κ1) is 22.6. The van der Waals surface area contributed by atoms with Gasteiger partial charge in [0.25, 0.3) is 0 Å². The lowest BCUT2D eigenvalue weighted by atomic mass is 10.0. The van der Waals surface area contributed by atoms with E-state index in [0.29, 0.717) is 4.47 Å². The van der Waals surface area contributed by atoms with Gasteiger partial charge in [-0.15, -0.1) is 0 Å². The minimum atomic E-state index is -1.65. The summed E-state index contributed by atoms with van der Waals surface area (Å²) < 4.78 is 11.0. The summed E-state index contributed by atoms with van der Waals surface area (Å²) in [7, 11) is 0. The fourth-order valence-electron chi connectivity index (χ4n) is 2.79. The van der Waals surface area contributed by atoms with Crippen LogP contribution in [0.5, 0.6) is 0 Å². The van der Waals surface area contributed by atoms with Crippen molar-refractivity contribution in [1.82, 2.24) is 4.98 Å². The van der Waals surface area contributed by atoms with Crippen LogP contribution in [0.15, 0.2) is 77.4 Å². The Labute approximate surface area is 186 Å². The third-order valence-electron chi connectivity index (χ3n) is 4.31. The molecule has 1 atom stereocenters. The summed E-state index contributed by atoms with van der Waals surface area (Å²) in [5.74, 6) is -3.54. The Hall–Kier alpha value is -3.11. The topological polar surface area (TPSA) is 113 Å². The second kappa shape index (κ2) is 10.8. The van der Waals surface area contributed by atoms with E-state index in [2.05, 4.69) is 20.9 Å². The molecule has 9 heteroatoms. The molecule has 31 heavy (non-hydrogen) atoms. The Morgan fingerprint density at radius 2 is 1.45 bits per heavy atom. The number of ether oxygens (including phenoxy) is 2. The number of carbonyl (C=O) groups is 2. The van der Waals surface area contributed by atoms with Crippen LogP contribution in [-0.2, 0) is 32.3 Å². The van der Waals surface area contributed by atoms with Crippen LogP contribution in [0.2, 0.25) is 0 Å². The predicted molar refractivity (Wildman–Crippen MR) is 113 cm³/mol. The molecule has 2 aromatic carbocycles. The third-order valence-corrected chi connectivity index (χ3v) is 4.74. The van der Waals surface area contributed by atoms with Crippen LogP contribution in [0.3, 0.4) is 0 Å². The Morgan fingerprint density at radius 1 is 0.968 bits per heavy atom. The van der Waals surface area contributed by atoms with Crippen LogP contribution in [0.25, 0.3) is 0 Å². The zero-order valence-electron chi connectivity index (χ0n) is 16.2. The molecule has 1 heterocycles. The lowest BCUT2D eigenvalue weighted by Gasteiger charge is -2.20. The summed E-state index contributed by atoms with van der Waals surface area (Å²) in [6.45, 7) is -0.165. The van der Waals surface area contributed by atoms with Crippen molar-refractivity contribution in [3.05, 3.63) is 99.4 Å². The number of pyridine rings is 1. The van der Waals surface area contributed by atoms with Gasteiger partial charge in [-0.3, -0.25) is 14.6 Å². The van der Waals surface area contributed by atoms with Crippen molar-refractivity contribution >= 4 is 33.6 Å². The van der Waals surface area contributed by atoms with Crippen molar-refractivity contribution in [3.63, 3.8) is 0 Å². The maximum atomic E-state index is 12.9. The predicted octanol–water partition coefficient (Wildman–Crippen LogP) is 2.82. The molecule has 0 fully saturated rings. The number of hydrogen-bond donors (Lipinski definition) is 2. The molecular weight excluding hydrogens is 468 g/mol. The van der Waals surface area contributed by atoms with Crippen LogP contribution >= 0.6 is 15.9 Å². The van der Waals surface area contributed by atoms with Gasteiger partial charge in [0.2, 0.25) is 5.92 Å². The quantitative estimate of drug-likeness (QED) is 0.286. The molecule has 1 aromatic heterocycles. The van der Waals surface area contributed by atoms with Gasteiger partial charge in [-0.25, -0.2) is 5.21 Å². The van der Waals surface area contributed by atoms with Gasteiger partial charge >= 0.3 is 11.9 Å². The molecule has 3 rings (SSSR count). The smallest absolute Gasteiger partial charge is 0.327 e. The maximum absolute atomic E-state index is 12.9. The summed E-state index contributed by atoms with van der Waals surface area (Å²) in [6.07, 6.45) is 1.31. The van der Waals surface area contributed by atoms with Crippen LogP contribution in [0, 0.1) is 5.21 Å². The average molecular weight is 487 g/mol. The fourth-order valence-corrected chi connectivity index (χ4v) is 3.13. The third kappa shape index (κ3) is 6.19. The number of rotatable bonds is 8. The van der Waals surface area contributed by atoms with Crippen molar-refractivity contribution < 1.29 is 29.5 Å². The minimum absolute atomic E-state index is 0.0823. The number of halogens is 1. The lowest BCUT2D eigenvalue weighted by Crippen LogP contribution is -2.99. The standard InChI is InChI=1S/C22H19BrN2O6/c23-17-11-18(25(28)29)20(24-12-17)19(21(26)30-13-15-7-3-1-4-8-15)22(27)31-14-16-9-5-2-6-10-16/h1-12,19,25,28H,13-14H2. The summed E-state index contributed by atoms with van der Waals surface area (Å²) >= 11 is 3.15. The van der Waals surface area contributed by atoms with E-state index in [-0.39, 0.29) is 24.6 Å². The lowest BCUT2D eigenvalue weighted by molar-refractivity contribution is -0.991. The molecular formula is C22H19BrN2O6. The van der Waals surface area contributed by atoms with Crippen LogP contribution in [0.4, 0.5) is 5.69 Å². The van der Waals surface area contributed by atoms with Gasteiger partial charge in [0.05, 0.1) is 0 Å². The van der Waals surface area contributed by atoms with E-state index in [9.17, 15) is 20.0 Å². The molecule has 0 saturated heterocycles. The van der Waals surface area contributed by atoms with Crippen molar-refractivity contribution in [2.45, 2.75) is 19.1 Å². The van der Waals surface area contributed by atoms with Crippen molar-refractivity contribution in [2.75, 3.05) is 0 Å². The second-order valence-electron chi connectivity index (χ2n) is 6.51. The zero-order chi connectivity index (χ0) is 22.2. The molecule has 8 nitrogen and oxygen atoms in total. The second-order valence-corrected chi connectivity index (χ2v) is 7.43. The minimum Gasteiger partial charge on any atom is -0.595 e. The Balaban J connectivity index is 1.86. The van der Waals surface area contributed by atoms with Crippen molar-refractivity contribution in [3.8, 4) is 0 Å². The first-order chi connectivity index (χ1) is 15.0. The van der Waals surface area contributed by atoms with Crippen LogP contribution < -0.4 is 5.23 Å². The number of aromatic nitrogens is 1. The zero-order valence-corrected chi connectivity index (χ0v) is 17.8. The van der Waals surface area contributed by atoms with E-state index in [0.717, 1.165) is 11.1 Å². The molecule has 0 spiro atoms. The Bertz CT molecular complexity index is 975. The fraction of sp³-hybridized carbons (Fsp3) is 0.136. The van der Waals surface area contributed by atoms with Crippen molar-refractivity contribution in [2.24, 2.45) is 0 Å². The number of quaternary nitrogens is 1. The SMILES string of the molecule is O=C(OCc1ccccc1)C(C(=O)OCc1ccccc1)c1ncc(Br)cc1[NH+]([O-])O. The molecule has 2 N–H and O–H groups in total. The monoisotopic (exact) mass is 486 g/mol. The van der Waals surface area contributed by atoms with Gasteiger partial charge in [0.15, 0.2) is 5.69 Å². The molecule has 0 bridgehead atoms. The molecule has 0 amide bonds. The summed E-state index contributed by atoms with van der Waals surface area (Å²) in [6, 6.07) is 19.1. The highest BCUT2D eigenvalue weighted by molar-refractivity contribution is 9.10. The van der Waals surface area contributed by atoms with Gasteiger partial charge < -0.3 is 14.7 Å². The van der Waals surface area contributed by atoms with Gasteiger partial charge in [0.1, 0.15) is 18.9 Å².